The fraction of sp³-hybridized carbons (Fsp3) is 0.316. The highest BCUT2D eigenvalue weighted by atomic mass is 35.5. The average Bonchev–Trinajstić information content (AvgIpc) is 3.49. The Morgan fingerprint density at radius 1 is 1.07 bits per heavy atom. The highest BCUT2D eigenvalue weighted by molar-refractivity contribution is 6.30. The first-order valence-corrected chi connectivity index (χ1v) is 16.1. The summed E-state index contributed by atoms with van der Waals surface area (Å²) in [6.45, 7) is 13.3. The number of allylic oxidation sites excluding steroid dienone is 1. The van der Waals surface area contributed by atoms with E-state index in [0.29, 0.717) is 34.9 Å². The molecule has 3 aromatic carbocycles. The number of benzene rings is 3. The Bertz CT molecular complexity index is 1910. The van der Waals surface area contributed by atoms with Crippen LogP contribution in [0.15, 0.2) is 95.9 Å². The van der Waals surface area contributed by atoms with Crippen LogP contribution in [-0.2, 0) is 31.0 Å². The number of nitrogens with one attached hydrogen (secondary N) is 1. The van der Waals surface area contributed by atoms with Crippen LogP contribution in [0, 0.1) is 6.92 Å². The first-order chi connectivity index (χ1) is 22.0. The van der Waals surface area contributed by atoms with Gasteiger partial charge in [0.25, 0.3) is 5.56 Å². The molecule has 242 valence electrons. The second kappa shape index (κ2) is 14.9. The number of aryl methyl sites for hydroxylation is 3. The predicted octanol–water partition coefficient (Wildman–Crippen LogP) is 7.63. The first-order valence-electron chi connectivity index (χ1n) is 15.7. The molecular weight excluding hydrogens is 596 g/mol. The molecule has 1 atom stereocenters. The molecule has 0 bridgehead atoms. The van der Waals surface area contributed by atoms with Crippen molar-refractivity contribution in [3.63, 3.8) is 0 Å². The molecule has 8 heteroatoms. The molecule has 2 N–H and O–H groups in total. The number of aliphatic hydroxyl groups is 1. The van der Waals surface area contributed by atoms with Gasteiger partial charge in [-0.1, -0.05) is 61.8 Å². The molecule has 5 rings (SSSR count). The molecular formula is C38H45ClN4O3. The minimum absolute atomic E-state index is 0.121. The predicted molar refractivity (Wildman–Crippen MR) is 189 cm³/mol. The molecule has 0 saturated heterocycles. The SMILES string of the molecule is C/C=C(/CNCc1ccc(C(O)(c2ccc3c(c2)c(-c2cccc(Cl)c2)cc(=O)n3C)c2cncn2C)cc1C)OC(C)C.CC. The third-order valence-electron chi connectivity index (χ3n) is 8.07. The van der Waals surface area contributed by atoms with Crippen LogP contribution in [0.2, 0.25) is 5.02 Å². The normalized spacial score (nSPS) is 13.0. The second-order valence-electron chi connectivity index (χ2n) is 11.5. The molecule has 7 nitrogen and oxygen atoms in total. The minimum Gasteiger partial charge on any atom is -0.494 e. The third kappa shape index (κ3) is 7.12. The van der Waals surface area contributed by atoms with E-state index >= 15 is 0 Å². The van der Waals surface area contributed by atoms with E-state index in [-0.39, 0.29) is 11.7 Å². The molecule has 0 aliphatic carbocycles. The Labute approximate surface area is 277 Å². The first kappa shape index (κ1) is 34.7. The molecule has 0 fully saturated rings. The van der Waals surface area contributed by atoms with Crippen LogP contribution in [0.25, 0.3) is 22.0 Å². The number of rotatable bonds is 10. The van der Waals surface area contributed by atoms with Gasteiger partial charge >= 0.3 is 0 Å². The number of pyridine rings is 1. The Hall–Kier alpha value is -4.17. The van der Waals surface area contributed by atoms with Crippen molar-refractivity contribution in [3.8, 4) is 11.1 Å². The van der Waals surface area contributed by atoms with Gasteiger partial charge in [-0.25, -0.2) is 4.98 Å². The van der Waals surface area contributed by atoms with E-state index in [0.717, 1.165) is 38.9 Å². The zero-order valence-corrected chi connectivity index (χ0v) is 28.8. The Morgan fingerprint density at radius 3 is 2.41 bits per heavy atom. The summed E-state index contributed by atoms with van der Waals surface area (Å²) in [5.74, 6) is 0.908. The second-order valence-corrected chi connectivity index (χ2v) is 11.9. The molecule has 0 saturated carbocycles. The van der Waals surface area contributed by atoms with Gasteiger partial charge in [0.05, 0.1) is 36.4 Å². The lowest BCUT2D eigenvalue weighted by molar-refractivity contribution is 0.117. The summed E-state index contributed by atoms with van der Waals surface area (Å²) in [6, 6.07) is 20.9. The van der Waals surface area contributed by atoms with Crippen molar-refractivity contribution in [2.24, 2.45) is 14.1 Å². The molecule has 1 unspecified atom stereocenters. The molecule has 0 spiro atoms. The molecule has 2 aromatic heterocycles. The lowest BCUT2D eigenvalue weighted by atomic mass is 9.81. The number of fused-ring (bicyclic) bond motifs is 1. The van der Waals surface area contributed by atoms with Crippen molar-refractivity contribution >= 4 is 22.5 Å². The van der Waals surface area contributed by atoms with Crippen molar-refractivity contribution < 1.29 is 9.84 Å². The van der Waals surface area contributed by atoms with Crippen LogP contribution in [-0.4, -0.2) is 31.9 Å². The van der Waals surface area contributed by atoms with Crippen LogP contribution < -0.4 is 10.9 Å². The van der Waals surface area contributed by atoms with Crippen LogP contribution >= 0.6 is 11.6 Å². The smallest absolute Gasteiger partial charge is 0.251 e. The number of hydrogen-bond acceptors (Lipinski definition) is 5. The Morgan fingerprint density at radius 2 is 1.78 bits per heavy atom. The van der Waals surface area contributed by atoms with Crippen molar-refractivity contribution in [1.82, 2.24) is 19.4 Å². The molecule has 0 aliphatic heterocycles. The molecule has 5 aromatic rings. The molecule has 0 aliphatic rings. The van der Waals surface area contributed by atoms with E-state index in [1.54, 1.807) is 36.3 Å². The maximum Gasteiger partial charge on any atom is 0.251 e. The van der Waals surface area contributed by atoms with E-state index < -0.39 is 5.60 Å². The highest BCUT2D eigenvalue weighted by Gasteiger charge is 2.37. The van der Waals surface area contributed by atoms with E-state index in [2.05, 4.69) is 23.3 Å². The van der Waals surface area contributed by atoms with Gasteiger partial charge in [0.1, 0.15) is 5.76 Å². The molecule has 0 radical (unpaired) electrons. The molecule has 0 amide bonds. The summed E-state index contributed by atoms with van der Waals surface area (Å²) in [6.07, 6.45) is 5.48. The van der Waals surface area contributed by atoms with Crippen LogP contribution in [0.1, 0.15) is 62.6 Å². The Kier molecular flexibility index (Phi) is 11.3. The maximum atomic E-state index is 12.9. The summed E-state index contributed by atoms with van der Waals surface area (Å²) in [7, 11) is 3.63. The van der Waals surface area contributed by atoms with E-state index in [4.69, 9.17) is 16.3 Å². The van der Waals surface area contributed by atoms with Crippen molar-refractivity contribution in [1.29, 1.82) is 0 Å². The van der Waals surface area contributed by atoms with Gasteiger partial charge in [0.15, 0.2) is 5.60 Å². The van der Waals surface area contributed by atoms with Gasteiger partial charge in [-0.15, -0.1) is 0 Å². The highest BCUT2D eigenvalue weighted by Crippen LogP contribution is 2.40. The number of imidazole rings is 1. The maximum absolute atomic E-state index is 12.9. The van der Waals surface area contributed by atoms with Crippen molar-refractivity contribution in [2.45, 2.75) is 59.8 Å². The summed E-state index contributed by atoms with van der Waals surface area (Å²) in [5, 5.41) is 17.7. The van der Waals surface area contributed by atoms with E-state index in [9.17, 15) is 9.90 Å². The lowest BCUT2D eigenvalue weighted by Crippen LogP contribution is -2.31. The number of ether oxygens (including phenoxy) is 1. The van der Waals surface area contributed by atoms with Crippen LogP contribution in [0.4, 0.5) is 0 Å². The van der Waals surface area contributed by atoms with Gasteiger partial charge in [-0.05, 0) is 91.4 Å². The fourth-order valence-corrected chi connectivity index (χ4v) is 5.89. The van der Waals surface area contributed by atoms with Gasteiger partial charge in [0, 0.05) is 37.1 Å². The third-order valence-corrected chi connectivity index (χ3v) is 8.31. The number of hydrogen-bond donors (Lipinski definition) is 2. The van der Waals surface area contributed by atoms with Gasteiger partial charge < -0.3 is 24.3 Å². The van der Waals surface area contributed by atoms with Gasteiger partial charge in [-0.3, -0.25) is 4.79 Å². The fourth-order valence-electron chi connectivity index (χ4n) is 5.70. The zero-order chi connectivity index (χ0) is 33.6. The standard InChI is InChI=1S/C36H39ClN4O3.C2H6/c1-7-30(44-23(2)3)20-38-19-26-11-12-27(15-24(26)4)36(43,34-21-39-22-40(34)5)28-13-14-33-32(17-28)31(18-35(42)41(33)6)25-9-8-10-29(37)16-25;1-2/h7-18,21-23,38,43H,19-20H2,1-6H3;1-2H3/b30-7-;. The number of aromatic nitrogens is 3. The van der Waals surface area contributed by atoms with E-state index in [1.165, 1.54) is 0 Å². The van der Waals surface area contributed by atoms with Crippen molar-refractivity contribution in [2.75, 3.05) is 6.54 Å². The largest absolute Gasteiger partial charge is 0.494 e. The summed E-state index contributed by atoms with van der Waals surface area (Å²) in [4.78, 5) is 17.3. The summed E-state index contributed by atoms with van der Waals surface area (Å²) in [5.41, 5.74) is 4.84. The quantitative estimate of drug-likeness (QED) is 0.153. The lowest BCUT2D eigenvalue weighted by Gasteiger charge is -2.31. The summed E-state index contributed by atoms with van der Waals surface area (Å²) < 4.78 is 9.30. The molecule has 46 heavy (non-hydrogen) atoms. The Balaban J connectivity index is 0.00000235. The number of nitrogens with zero attached hydrogens (tertiary/aromatic N) is 3. The van der Waals surface area contributed by atoms with Crippen molar-refractivity contribution in [3.05, 3.63) is 134 Å². The topological polar surface area (TPSA) is 81.3 Å². The zero-order valence-electron chi connectivity index (χ0n) is 28.1. The van der Waals surface area contributed by atoms with Crippen LogP contribution in [0.5, 0.6) is 0 Å². The monoisotopic (exact) mass is 640 g/mol. The average molecular weight is 641 g/mol. The van der Waals surface area contributed by atoms with E-state index in [1.807, 2.05) is 101 Å². The molecule has 2 heterocycles. The summed E-state index contributed by atoms with van der Waals surface area (Å²) >= 11 is 6.34. The minimum atomic E-state index is -1.53. The van der Waals surface area contributed by atoms with Gasteiger partial charge in [-0.2, -0.15) is 0 Å². The van der Waals surface area contributed by atoms with Crippen LogP contribution in [0.3, 0.4) is 0 Å². The van der Waals surface area contributed by atoms with Gasteiger partial charge in [0.2, 0.25) is 0 Å². The number of halogens is 1.